The number of hydrogen-bond donors (Lipinski definition) is 1. The number of aromatic nitrogens is 5. The molecule has 3 heterocycles. The van der Waals surface area contributed by atoms with E-state index in [9.17, 15) is 9.59 Å². The molecule has 34 heavy (non-hydrogen) atoms. The number of hydrogen-bond acceptors (Lipinski definition) is 5. The molecule has 0 spiro atoms. The van der Waals surface area contributed by atoms with Gasteiger partial charge in [-0.25, -0.2) is 13.8 Å². The van der Waals surface area contributed by atoms with Gasteiger partial charge >= 0.3 is 0 Å². The molecule has 6 rings (SSSR count). The minimum atomic E-state index is -0.231. The Hall–Kier alpha value is -4.24. The average molecular weight is 475 g/mol. The molecule has 0 saturated heterocycles. The highest BCUT2D eigenvalue weighted by Crippen LogP contribution is 2.28. The summed E-state index contributed by atoms with van der Waals surface area (Å²) in [6.45, 7) is 0.598. The van der Waals surface area contributed by atoms with Crippen LogP contribution in [-0.2, 0) is 18.0 Å². The molecule has 0 bridgehead atoms. The molecule has 1 amide bonds. The van der Waals surface area contributed by atoms with Gasteiger partial charge in [0.2, 0.25) is 12.1 Å². The Morgan fingerprint density at radius 2 is 1.85 bits per heavy atom. The van der Waals surface area contributed by atoms with Crippen LogP contribution in [0.3, 0.4) is 0 Å². The molecule has 0 aliphatic carbocycles. The number of carbonyl (C=O) groups is 2. The van der Waals surface area contributed by atoms with Crippen molar-refractivity contribution in [3.8, 4) is 5.75 Å². The van der Waals surface area contributed by atoms with E-state index in [4.69, 9.17) is 4.74 Å². The van der Waals surface area contributed by atoms with Crippen LogP contribution in [0, 0.1) is 0 Å². The molecule has 0 atom stereocenters. The molecule has 5 aromatic rings. The van der Waals surface area contributed by atoms with E-state index in [2.05, 4.69) is 15.6 Å². The first kappa shape index (κ1) is 21.6. The molecular formula is C24H19ClN6O3. The lowest BCUT2D eigenvalue weighted by molar-refractivity contribution is -0.677. The van der Waals surface area contributed by atoms with Crippen LogP contribution in [0.4, 0.5) is 5.69 Å². The number of halogens is 1. The Morgan fingerprint density at radius 3 is 2.74 bits per heavy atom. The number of Topliss-reactive ketones (excluding diaryl/α,β-unsaturated/α-hetero) is 1. The summed E-state index contributed by atoms with van der Waals surface area (Å²) in [5, 5.41) is 11.3. The number of para-hydroxylation sites is 3. The standard InChI is InChI=1S/C24H18N6O3.ClH/c31-22(16-9-10-23-18(11-16)25-24(32)13-33-23)12-28-14-29(21-8-4-3-7-20(21)28)15-30-19-6-2-1-5-17(19)26-27-30;/h1-11,14H,12-13,15H2;1H. The van der Waals surface area contributed by atoms with Crippen molar-refractivity contribution in [1.82, 2.24) is 19.6 Å². The van der Waals surface area contributed by atoms with Crippen LogP contribution in [0.2, 0.25) is 0 Å². The van der Waals surface area contributed by atoms with Crippen LogP contribution in [0.15, 0.2) is 73.1 Å². The van der Waals surface area contributed by atoms with Crippen molar-refractivity contribution in [2.45, 2.75) is 13.2 Å². The summed E-state index contributed by atoms with van der Waals surface area (Å²) in [7, 11) is 0. The van der Waals surface area contributed by atoms with Gasteiger partial charge in [0.15, 0.2) is 30.9 Å². The molecule has 2 aromatic heterocycles. The Bertz CT molecular complexity index is 1560. The second-order valence-corrected chi connectivity index (χ2v) is 7.89. The predicted octanol–water partition coefficient (Wildman–Crippen LogP) is -0.603. The Balaban J connectivity index is 0.00000241. The quantitative estimate of drug-likeness (QED) is 0.271. The van der Waals surface area contributed by atoms with Crippen LogP contribution in [0.1, 0.15) is 10.4 Å². The van der Waals surface area contributed by atoms with Crippen molar-refractivity contribution in [2.75, 3.05) is 11.9 Å². The van der Waals surface area contributed by atoms with Gasteiger partial charge in [-0.3, -0.25) is 9.59 Å². The Labute approximate surface area is 200 Å². The molecular weight excluding hydrogens is 456 g/mol. The zero-order valence-corrected chi connectivity index (χ0v) is 18.6. The molecule has 9 nitrogen and oxygen atoms in total. The number of nitrogens with one attached hydrogen (secondary N) is 1. The van der Waals surface area contributed by atoms with E-state index >= 15 is 0 Å². The van der Waals surface area contributed by atoms with E-state index < -0.39 is 0 Å². The molecule has 170 valence electrons. The molecule has 0 saturated carbocycles. The summed E-state index contributed by atoms with van der Waals surface area (Å²) >= 11 is 0. The fourth-order valence-electron chi connectivity index (χ4n) is 4.15. The number of ketones is 1. The maximum atomic E-state index is 13.1. The fourth-order valence-corrected chi connectivity index (χ4v) is 4.15. The summed E-state index contributed by atoms with van der Waals surface area (Å²) in [4.78, 5) is 24.7. The number of anilines is 1. The van der Waals surface area contributed by atoms with E-state index in [0.717, 1.165) is 22.1 Å². The normalized spacial score (nSPS) is 12.6. The fraction of sp³-hybridized carbons (Fsp3) is 0.125. The highest BCUT2D eigenvalue weighted by Gasteiger charge is 2.22. The second-order valence-electron chi connectivity index (χ2n) is 7.89. The molecule has 0 radical (unpaired) electrons. The zero-order chi connectivity index (χ0) is 22.4. The lowest BCUT2D eigenvalue weighted by atomic mass is 10.1. The van der Waals surface area contributed by atoms with Crippen LogP contribution in [-0.4, -0.2) is 37.9 Å². The number of nitrogens with zero attached hydrogens (tertiary/aromatic N) is 5. The predicted molar refractivity (Wildman–Crippen MR) is 120 cm³/mol. The van der Waals surface area contributed by atoms with Crippen molar-refractivity contribution in [1.29, 1.82) is 0 Å². The number of fused-ring (bicyclic) bond motifs is 3. The maximum absolute atomic E-state index is 13.1. The van der Waals surface area contributed by atoms with Crippen LogP contribution in [0.25, 0.3) is 22.1 Å². The van der Waals surface area contributed by atoms with Gasteiger partial charge in [0, 0.05) is 5.56 Å². The zero-order valence-electron chi connectivity index (χ0n) is 17.9. The van der Waals surface area contributed by atoms with Gasteiger partial charge in [0.05, 0.1) is 11.2 Å². The molecule has 1 aliphatic heterocycles. The summed E-state index contributed by atoms with van der Waals surface area (Å²) in [6, 6.07) is 20.8. The first-order valence-electron chi connectivity index (χ1n) is 10.5. The van der Waals surface area contributed by atoms with Gasteiger partial charge in [-0.15, -0.1) is 5.10 Å². The highest BCUT2D eigenvalue weighted by atomic mass is 35.5. The Morgan fingerprint density at radius 1 is 1.06 bits per heavy atom. The van der Waals surface area contributed by atoms with Gasteiger partial charge in [0.25, 0.3) is 5.91 Å². The lowest BCUT2D eigenvalue weighted by Gasteiger charge is -2.18. The smallest absolute Gasteiger partial charge is 0.262 e. The van der Waals surface area contributed by atoms with E-state index in [1.807, 2.05) is 68.7 Å². The summed E-state index contributed by atoms with van der Waals surface area (Å²) in [5.41, 5.74) is 4.71. The van der Waals surface area contributed by atoms with Crippen molar-refractivity contribution >= 4 is 39.4 Å². The molecule has 1 aliphatic rings. The summed E-state index contributed by atoms with van der Waals surface area (Å²) in [5.74, 6) is 0.261. The third-order valence-corrected chi connectivity index (χ3v) is 5.73. The van der Waals surface area contributed by atoms with Crippen LogP contribution in [0.5, 0.6) is 5.75 Å². The minimum Gasteiger partial charge on any atom is -1.00 e. The number of rotatable bonds is 5. The third-order valence-electron chi connectivity index (χ3n) is 5.73. The first-order chi connectivity index (χ1) is 16.2. The highest BCUT2D eigenvalue weighted by molar-refractivity contribution is 6.01. The van der Waals surface area contributed by atoms with Gasteiger partial charge in [-0.2, -0.15) is 0 Å². The lowest BCUT2D eigenvalue weighted by Crippen LogP contribution is -3.00. The van der Waals surface area contributed by atoms with E-state index in [0.29, 0.717) is 23.7 Å². The van der Waals surface area contributed by atoms with E-state index in [1.54, 1.807) is 18.2 Å². The van der Waals surface area contributed by atoms with Crippen LogP contribution >= 0.6 is 0 Å². The van der Waals surface area contributed by atoms with E-state index in [-0.39, 0.29) is 37.2 Å². The monoisotopic (exact) mass is 474 g/mol. The molecule has 0 unspecified atom stereocenters. The average Bonchev–Trinajstić information content (AvgIpc) is 3.40. The summed E-state index contributed by atoms with van der Waals surface area (Å²) in [6.07, 6.45) is 1.92. The van der Waals surface area contributed by atoms with Crippen molar-refractivity contribution in [2.24, 2.45) is 0 Å². The second kappa shape index (κ2) is 8.60. The SMILES string of the molecule is O=C1COc2ccc(C(=O)Cn3c[n+](Cn4nnc5ccccc54)c4ccccc43)cc2N1.[Cl-]. The largest absolute Gasteiger partial charge is 1.00 e. The van der Waals surface area contributed by atoms with Crippen molar-refractivity contribution in [3.63, 3.8) is 0 Å². The first-order valence-corrected chi connectivity index (χ1v) is 10.5. The van der Waals surface area contributed by atoms with Gasteiger partial charge < -0.3 is 22.5 Å². The van der Waals surface area contributed by atoms with Crippen molar-refractivity contribution in [3.05, 3.63) is 78.6 Å². The molecule has 1 N–H and O–H groups in total. The molecule has 3 aromatic carbocycles. The molecule has 10 heteroatoms. The summed E-state index contributed by atoms with van der Waals surface area (Å²) < 4.78 is 11.2. The maximum Gasteiger partial charge on any atom is 0.262 e. The van der Waals surface area contributed by atoms with Gasteiger partial charge in [-0.1, -0.05) is 29.5 Å². The third kappa shape index (κ3) is 3.75. The molecule has 0 fully saturated rings. The minimum absolute atomic E-state index is 0. The van der Waals surface area contributed by atoms with Crippen molar-refractivity contribution < 1.29 is 31.3 Å². The van der Waals surface area contributed by atoms with E-state index in [1.165, 1.54) is 0 Å². The number of benzene rings is 3. The number of imidazole rings is 1. The topological polar surface area (TPSA) is 94.9 Å². The van der Waals surface area contributed by atoms with Gasteiger partial charge in [-0.05, 0) is 42.5 Å². The van der Waals surface area contributed by atoms with Gasteiger partial charge in [0.1, 0.15) is 11.3 Å². The van der Waals surface area contributed by atoms with Crippen LogP contribution < -0.4 is 27.0 Å². The number of carbonyl (C=O) groups excluding carboxylic acids is 2. The number of amides is 1. The Kier molecular flexibility index (Phi) is 5.46. The number of ether oxygens (including phenoxy) is 1.